The van der Waals surface area contributed by atoms with Gasteiger partial charge in [0.15, 0.2) is 0 Å². The highest BCUT2D eigenvalue weighted by molar-refractivity contribution is 5.08. The van der Waals surface area contributed by atoms with Crippen LogP contribution < -0.4 is 10.9 Å². The van der Waals surface area contributed by atoms with Gasteiger partial charge in [0.2, 0.25) is 0 Å². The lowest BCUT2D eigenvalue weighted by Gasteiger charge is -2.27. The molecule has 102 valence electrons. The van der Waals surface area contributed by atoms with Crippen molar-refractivity contribution >= 4 is 0 Å². The van der Waals surface area contributed by atoms with E-state index in [1.165, 1.54) is 6.07 Å². The van der Waals surface area contributed by atoms with Crippen molar-refractivity contribution in [2.45, 2.75) is 46.3 Å². The first kappa shape index (κ1) is 14.9. The van der Waals surface area contributed by atoms with Crippen LogP contribution in [-0.2, 0) is 16.9 Å². The van der Waals surface area contributed by atoms with Crippen molar-refractivity contribution in [1.82, 2.24) is 15.3 Å². The van der Waals surface area contributed by atoms with Crippen molar-refractivity contribution in [1.29, 1.82) is 0 Å². The third-order valence-corrected chi connectivity index (χ3v) is 2.99. The Kier molecular flexibility index (Phi) is 5.50. The molecule has 0 aliphatic carbocycles. The Morgan fingerprint density at radius 3 is 2.72 bits per heavy atom. The van der Waals surface area contributed by atoms with E-state index in [0.717, 1.165) is 18.7 Å². The van der Waals surface area contributed by atoms with Crippen LogP contribution in [-0.4, -0.2) is 23.1 Å². The molecular weight excluding hydrogens is 230 g/mol. The minimum Gasteiger partial charge on any atom is -0.368 e. The molecule has 0 aliphatic rings. The maximum absolute atomic E-state index is 11.7. The molecule has 1 aromatic rings. The van der Waals surface area contributed by atoms with Crippen molar-refractivity contribution < 1.29 is 4.74 Å². The lowest BCUT2D eigenvalue weighted by atomic mass is 10.0. The smallest absolute Gasteiger partial charge is 0.251 e. The number of nitrogens with one attached hydrogen (secondary N) is 2. The molecule has 0 radical (unpaired) electrons. The average Bonchev–Trinajstić information content (AvgIpc) is 2.36. The molecule has 1 atom stereocenters. The molecule has 1 unspecified atom stereocenters. The lowest BCUT2D eigenvalue weighted by Crippen LogP contribution is -2.31. The quantitative estimate of drug-likeness (QED) is 0.773. The van der Waals surface area contributed by atoms with E-state index in [-0.39, 0.29) is 5.56 Å². The Morgan fingerprint density at radius 1 is 1.44 bits per heavy atom. The molecule has 5 heteroatoms. The summed E-state index contributed by atoms with van der Waals surface area (Å²) in [7, 11) is 0. The number of H-pyrrole nitrogens is 1. The molecule has 0 saturated carbocycles. The zero-order valence-corrected chi connectivity index (χ0v) is 11.7. The molecule has 0 aliphatic heterocycles. The van der Waals surface area contributed by atoms with Gasteiger partial charge in [-0.15, -0.1) is 0 Å². The largest absolute Gasteiger partial charge is 0.368 e. The Labute approximate surface area is 108 Å². The van der Waals surface area contributed by atoms with E-state index in [4.69, 9.17) is 4.74 Å². The number of rotatable bonds is 7. The number of aromatic amines is 1. The van der Waals surface area contributed by atoms with Crippen molar-refractivity contribution in [3.63, 3.8) is 0 Å². The summed E-state index contributed by atoms with van der Waals surface area (Å²) in [5, 5.41) is 3.16. The molecule has 0 amide bonds. The van der Waals surface area contributed by atoms with Gasteiger partial charge in [0.05, 0.1) is 5.69 Å². The zero-order chi connectivity index (χ0) is 13.6. The van der Waals surface area contributed by atoms with E-state index in [1.54, 1.807) is 0 Å². The molecule has 0 saturated heterocycles. The maximum atomic E-state index is 11.7. The normalized spacial score (nSPS) is 14.4. The van der Waals surface area contributed by atoms with E-state index in [0.29, 0.717) is 19.0 Å². The molecular formula is C13H23N3O2. The Hall–Kier alpha value is -1.20. The second-order valence-electron chi connectivity index (χ2n) is 4.38. The van der Waals surface area contributed by atoms with Gasteiger partial charge in [0.1, 0.15) is 11.4 Å². The number of hydrogen-bond donors (Lipinski definition) is 2. The molecule has 18 heavy (non-hydrogen) atoms. The highest BCUT2D eigenvalue weighted by atomic mass is 16.5. The molecule has 5 nitrogen and oxygen atoms in total. The maximum Gasteiger partial charge on any atom is 0.251 e. The SMILES string of the molecule is CCNCc1cc(=O)[nH]c(C(C)(CC)OCC)n1. The van der Waals surface area contributed by atoms with E-state index in [1.807, 2.05) is 27.7 Å². The summed E-state index contributed by atoms with van der Waals surface area (Å²) < 4.78 is 5.73. The molecule has 0 spiro atoms. The Morgan fingerprint density at radius 2 is 2.17 bits per heavy atom. The van der Waals surface area contributed by atoms with Crippen molar-refractivity contribution in [2.24, 2.45) is 0 Å². The van der Waals surface area contributed by atoms with Crippen LogP contribution in [0.15, 0.2) is 10.9 Å². The van der Waals surface area contributed by atoms with Crippen molar-refractivity contribution in [2.75, 3.05) is 13.2 Å². The summed E-state index contributed by atoms with van der Waals surface area (Å²) in [6.07, 6.45) is 0.758. The summed E-state index contributed by atoms with van der Waals surface area (Å²) in [4.78, 5) is 18.9. The predicted octanol–water partition coefficient (Wildman–Crippen LogP) is 1.54. The number of aromatic nitrogens is 2. The Bertz CT molecular complexity index is 430. The van der Waals surface area contributed by atoms with E-state index >= 15 is 0 Å². The molecule has 2 N–H and O–H groups in total. The van der Waals surface area contributed by atoms with Crippen LogP contribution in [0.4, 0.5) is 0 Å². The van der Waals surface area contributed by atoms with Gasteiger partial charge < -0.3 is 15.0 Å². The van der Waals surface area contributed by atoms with Gasteiger partial charge in [-0.2, -0.15) is 0 Å². The topological polar surface area (TPSA) is 67.0 Å². The fourth-order valence-corrected chi connectivity index (χ4v) is 1.76. The van der Waals surface area contributed by atoms with E-state index in [9.17, 15) is 4.79 Å². The molecule has 0 bridgehead atoms. The van der Waals surface area contributed by atoms with Crippen molar-refractivity contribution in [3.8, 4) is 0 Å². The average molecular weight is 253 g/mol. The van der Waals surface area contributed by atoms with Crippen LogP contribution in [0.1, 0.15) is 45.6 Å². The highest BCUT2D eigenvalue weighted by Gasteiger charge is 2.28. The van der Waals surface area contributed by atoms with Crippen LogP contribution in [0.5, 0.6) is 0 Å². The van der Waals surface area contributed by atoms with Crippen LogP contribution in [0.25, 0.3) is 0 Å². The zero-order valence-electron chi connectivity index (χ0n) is 11.7. The molecule has 0 fully saturated rings. The number of hydrogen-bond acceptors (Lipinski definition) is 4. The monoisotopic (exact) mass is 253 g/mol. The fraction of sp³-hybridized carbons (Fsp3) is 0.692. The summed E-state index contributed by atoms with van der Waals surface area (Å²) >= 11 is 0. The summed E-state index contributed by atoms with van der Waals surface area (Å²) in [5.74, 6) is 0.604. The molecule has 0 aromatic carbocycles. The third-order valence-electron chi connectivity index (χ3n) is 2.99. The van der Waals surface area contributed by atoms with E-state index < -0.39 is 5.60 Å². The number of ether oxygens (including phenoxy) is 1. The van der Waals surface area contributed by atoms with Gasteiger partial charge in [-0.1, -0.05) is 13.8 Å². The third kappa shape index (κ3) is 3.65. The molecule has 1 heterocycles. The Balaban J connectivity index is 3.07. The predicted molar refractivity (Wildman–Crippen MR) is 71.5 cm³/mol. The number of nitrogens with zero attached hydrogens (tertiary/aromatic N) is 1. The van der Waals surface area contributed by atoms with Crippen LogP contribution in [0, 0.1) is 0 Å². The lowest BCUT2D eigenvalue weighted by molar-refractivity contribution is -0.0393. The molecule has 1 rings (SSSR count). The van der Waals surface area contributed by atoms with Gasteiger partial charge in [-0.25, -0.2) is 4.98 Å². The highest BCUT2D eigenvalue weighted by Crippen LogP contribution is 2.25. The van der Waals surface area contributed by atoms with Crippen molar-refractivity contribution in [3.05, 3.63) is 27.9 Å². The van der Waals surface area contributed by atoms with Crippen LogP contribution >= 0.6 is 0 Å². The van der Waals surface area contributed by atoms with Crippen LogP contribution in [0.2, 0.25) is 0 Å². The molecule has 1 aromatic heterocycles. The van der Waals surface area contributed by atoms with Gasteiger partial charge in [0, 0.05) is 19.2 Å². The summed E-state index contributed by atoms with van der Waals surface area (Å²) in [5.41, 5.74) is 0.0816. The summed E-state index contributed by atoms with van der Waals surface area (Å²) in [6, 6.07) is 1.52. The minimum absolute atomic E-state index is 0.132. The van der Waals surface area contributed by atoms with Gasteiger partial charge >= 0.3 is 0 Å². The first-order valence-electron chi connectivity index (χ1n) is 6.51. The van der Waals surface area contributed by atoms with Gasteiger partial charge in [0.25, 0.3) is 5.56 Å². The minimum atomic E-state index is -0.532. The summed E-state index contributed by atoms with van der Waals surface area (Å²) in [6.45, 7) is 9.96. The standard InChI is InChI=1S/C13H23N3O2/c1-5-13(4,18-7-3)12-15-10(9-14-6-2)8-11(17)16-12/h8,14H,5-7,9H2,1-4H3,(H,15,16,17). The van der Waals surface area contributed by atoms with E-state index in [2.05, 4.69) is 15.3 Å². The van der Waals surface area contributed by atoms with Crippen LogP contribution in [0.3, 0.4) is 0 Å². The first-order valence-corrected chi connectivity index (χ1v) is 6.51. The second-order valence-corrected chi connectivity index (χ2v) is 4.38. The second kappa shape index (κ2) is 6.66. The van der Waals surface area contributed by atoms with Gasteiger partial charge in [-0.3, -0.25) is 4.79 Å². The van der Waals surface area contributed by atoms with Gasteiger partial charge in [-0.05, 0) is 26.8 Å². The fourth-order valence-electron chi connectivity index (χ4n) is 1.76. The first-order chi connectivity index (χ1) is 8.55.